The number of nitrogens with one attached hydrogen (secondary N) is 1. The minimum atomic E-state index is -0.424. The molecule has 0 aromatic carbocycles. The summed E-state index contributed by atoms with van der Waals surface area (Å²) in [5.41, 5.74) is 1.00. The van der Waals surface area contributed by atoms with E-state index in [1.54, 1.807) is 25.4 Å². The predicted molar refractivity (Wildman–Crippen MR) is 97.5 cm³/mol. The molecule has 0 atom stereocenters. The van der Waals surface area contributed by atoms with E-state index in [9.17, 15) is 9.59 Å². The van der Waals surface area contributed by atoms with Crippen molar-refractivity contribution in [1.82, 2.24) is 19.8 Å². The highest BCUT2D eigenvalue weighted by Gasteiger charge is 2.25. The molecular weight excluding hydrogens is 362 g/mol. The van der Waals surface area contributed by atoms with Gasteiger partial charge < -0.3 is 4.90 Å². The van der Waals surface area contributed by atoms with Gasteiger partial charge in [-0.2, -0.15) is 0 Å². The summed E-state index contributed by atoms with van der Waals surface area (Å²) in [6, 6.07) is 0. The van der Waals surface area contributed by atoms with Crippen molar-refractivity contribution in [3.05, 3.63) is 21.9 Å². The molecule has 25 heavy (non-hydrogen) atoms. The summed E-state index contributed by atoms with van der Waals surface area (Å²) in [5.74, 6) is -0.547. The molecule has 1 aliphatic rings. The Kier molecular flexibility index (Phi) is 5.12. The average molecular weight is 380 g/mol. The van der Waals surface area contributed by atoms with Crippen LogP contribution in [0.25, 0.3) is 10.2 Å². The molecule has 0 saturated carbocycles. The SMILES string of the molecule is CN(C)C(=O)C(=N)CC(=O)CN1CCc2c(sc3ncnc(Cl)c23)C1. The van der Waals surface area contributed by atoms with Crippen LogP contribution in [0.4, 0.5) is 0 Å². The van der Waals surface area contributed by atoms with Crippen LogP contribution in [0.1, 0.15) is 16.9 Å². The van der Waals surface area contributed by atoms with Crippen LogP contribution in [0.3, 0.4) is 0 Å². The van der Waals surface area contributed by atoms with Crippen LogP contribution in [0.2, 0.25) is 5.15 Å². The van der Waals surface area contributed by atoms with Gasteiger partial charge in [0, 0.05) is 32.1 Å². The second-order valence-electron chi connectivity index (χ2n) is 6.20. The molecule has 3 heterocycles. The Morgan fingerprint density at radius 2 is 2.16 bits per heavy atom. The number of carbonyl (C=O) groups excluding carboxylic acids is 2. The van der Waals surface area contributed by atoms with Gasteiger partial charge in [-0.15, -0.1) is 11.3 Å². The highest BCUT2D eigenvalue weighted by Crippen LogP contribution is 2.36. The molecule has 0 unspecified atom stereocenters. The van der Waals surface area contributed by atoms with E-state index in [-0.39, 0.29) is 24.5 Å². The third-order valence-corrected chi connectivity index (χ3v) is 5.52. The summed E-state index contributed by atoms with van der Waals surface area (Å²) in [5, 5.41) is 9.13. The number of aromatic nitrogens is 2. The Hall–Kier alpha value is -1.90. The molecule has 0 aliphatic carbocycles. The first kappa shape index (κ1) is 17.9. The van der Waals surface area contributed by atoms with Gasteiger partial charge in [0.25, 0.3) is 5.91 Å². The lowest BCUT2D eigenvalue weighted by molar-refractivity contribution is -0.123. The lowest BCUT2D eigenvalue weighted by Crippen LogP contribution is -2.37. The molecule has 0 radical (unpaired) electrons. The van der Waals surface area contributed by atoms with Crippen molar-refractivity contribution in [2.45, 2.75) is 19.4 Å². The van der Waals surface area contributed by atoms with Gasteiger partial charge in [-0.25, -0.2) is 9.97 Å². The van der Waals surface area contributed by atoms with E-state index in [1.165, 1.54) is 16.8 Å². The van der Waals surface area contributed by atoms with Crippen molar-refractivity contribution < 1.29 is 9.59 Å². The molecule has 1 N–H and O–H groups in total. The number of Topliss-reactive ketones (excluding diaryl/α,β-unsaturated/α-hetero) is 1. The lowest BCUT2D eigenvalue weighted by Gasteiger charge is -2.26. The van der Waals surface area contributed by atoms with E-state index in [1.807, 2.05) is 4.90 Å². The zero-order valence-electron chi connectivity index (χ0n) is 14.0. The summed E-state index contributed by atoms with van der Waals surface area (Å²) in [4.78, 5) is 37.6. The van der Waals surface area contributed by atoms with Crippen LogP contribution in [0, 0.1) is 5.41 Å². The number of nitrogens with zero attached hydrogens (tertiary/aromatic N) is 4. The fraction of sp³-hybridized carbons (Fsp3) is 0.438. The van der Waals surface area contributed by atoms with Crippen LogP contribution in [-0.4, -0.2) is 64.4 Å². The summed E-state index contributed by atoms with van der Waals surface area (Å²) < 4.78 is 0. The van der Waals surface area contributed by atoms with Gasteiger partial charge in [-0.1, -0.05) is 11.6 Å². The zero-order chi connectivity index (χ0) is 18.1. The van der Waals surface area contributed by atoms with Crippen molar-refractivity contribution in [2.24, 2.45) is 0 Å². The maximum atomic E-state index is 12.2. The Balaban J connectivity index is 1.66. The van der Waals surface area contributed by atoms with Gasteiger partial charge in [0.1, 0.15) is 22.0 Å². The van der Waals surface area contributed by atoms with E-state index < -0.39 is 5.91 Å². The molecular formula is C16H18ClN5O2S. The molecule has 2 aromatic rings. The molecule has 0 spiro atoms. The third-order valence-electron chi connectivity index (χ3n) is 4.11. The predicted octanol–water partition coefficient (Wildman–Crippen LogP) is 1.77. The maximum Gasteiger partial charge on any atom is 0.267 e. The van der Waals surface area contributed by atoms with Gasteiger partial charge >= 0.3 is 0 Å². The van der Waals surface area contributed by atoms with E-state index >= 15 is 0 Å². The first-order valence-electron chi connectivity index (χ1n) is 7.80. The van der Waals surface area contributed by atoms with Crippen LogP contribution in [0.5, 0.6) is 0 Å². The van der Waals surface area contributed by atoms with E-state index in [4.69, 9.17) is 17.0 Å². The standard InChI is InChI=1S/C16H18ClN5O2S/c1-21(2)16(24)11(18)5-9(23)6-22-4-3-10-12(7-22)25-15-13(10)14(17)19-8-20-15/h8,18H,3-7H2,1-2H3. The number of ketones is 1. The number of hydrogen-bond acceptors (Lipinski definition) is 7. The van der Waals surface area contributed by atoms with E-state index in [2.05, 4.69) is 9.97 Å². The first-order chi connectivity index (χ1) is 11.9. The van der Waals surface area contributed by atoms with Crippen molar-refractivity contribution in [1.29, 1.82) is 5.41 Å². The van der Waals surface area contributed by atoms with E-state index in [0.717, 1.165) is 28.1 Å². The van der Waals surface area contributed by atoms with Crippen molar-refractivity contribution in [2.75, 3.05) is 27.2 Å². The van der Waals surface area contributed by atoms with Crippen molar-refractivity contribution in [3.8, 4) is 0 Å². The van der Waals surface area contributed by atoms with Gasteiger partial charge in [0.05, 0.1) is 18.4 Å². The Morgan fingerprint density at radius 1 is 1.40 bits per heavy atom. The smallest absolute Gasteiger partial charge is 0.267 e. The molecule has 132 valence electrons. The second kappa shape index (κ2) is 7.15. The highest BCUT2D eigenvalue weighted by molar-refractivity contribution is 7.19. The number of amides is 1. The fourth-order valence-corrected chi connectivity index (χ4v) is 4.46. The molecule has 2 aromatic heterocycles. The summed E-state index contributed by atoms with van der Waals surface area (Å²) in [6.07, 6.45) is 2.11. The second-order valence-corrected chi connectivity index (χ2v) is 7.64. The number of hydrogen-bond donors (Lipinski definition) is 1. The summed E-state index contributed by atoms with van der Waals surface area (Å²) >= 11 is 7.77. The van der Waals surface area contributed by atoms with Crippen molar-refractivity contribution >= 4 is 50.6 Å². The highest BCUT2D eigenvalue weighted by atomic mass is 35.5. The number of thiophene rings is 1. The Labute approximate surface area is 154 Å². The molecule has 0 bridgehead atoms. The normalized spacial score (nSPS) is 14.4. The number of halogens is 1. The quantitative estimate of drug-likeness (QED) is 0.631. The van der Waals surface area contributed by atoms with Gasteiger partial charge in [0.2, 0.25) is 0 Å². The van der Waals surface area contributed by atoms with Gasteiger partial charge in [-0.05, 0) is 12.0 Å². The van der Waals surface area contributed by atoms with Gasteiger partial charge in [-0.3, -0.25) is 19.9 Å². The van der Waals surface area contributed by atoms with Crippen LogP contribution in [0.15, 0.2) is 6.33 Å². The molecule has 7 nitrogen and oxygen atoms in total. The first-order valence-corrected chi connectivity index (χ1v) is 9.00. The molecule has 3 rings (SSSR count). The average Bonchev–Trinajstić information content (AvgIpc) is 2.92. The Bertz CT molecular complexity index is 864. The largest absolute Gasteiger partial charge is 0.344 e. The Morgan fingerprint density at radius 3 is 2.88 bits per heavy atom. The molecule has 1 aliphatic heterocycles. The fourth-order valence-electron chi connectivity index (χ4n) is 2.93. The number of fused-ring (bicyclic) bond motifs is 3. The topological polar surface area (TPSA) is 90.2 Å². The van der Waals surface area contributed by atoms with Crippen LogP contribution < -0.4 is 0 Å². The monoisotopic (exact) mass is 379 g/mol. The lowest BCUT2D eigenvalue weighted by atomic mass is 10.0. The third kappa shape index (κ3) is 3.70. The van der Waals surface area contributed by atoms with E-state index in [0.29, 0.717) is 11.7 Å². The zero-order valence-corrected chi connectivity index (χ0v) is 15.6. The molecule has 0 fully saturated rings. The molecule has 0 saturated heterocycles. The van der Waals surface area contributed by atoms with Crippen LogP contribution in [-0.2, 0) is 22.6 Å². The summed E-state index contributed by atoms with van der Waals surface area (Å²) in [6.45, 7) is 1.61. The maximum absolute atomic E-state index is 12.2. The number of carbonyl (C=O) groups is 2. The molecule has 1 amide bonds. The summed E-state index contributed by atoms with van der Waals surface area (Å²) in [7, 11) is 3.14. The van der Waals surface area contributed by atoms with Crippen molar-refractivity contribution in [3.63, 3.8) is 0 Å². The van der Waals surface area contributed by atoms with Gasteiger partial charge in [0.15, 0.2) is 5.78 Å². The minimum Gasteiger partial charge on any atom is -0.344 e. The molecule has 9 heteroatoms. The van der Waals surface area contributed by atoms with Crippen LogP contribution >= 0.6 is 22.9 Å². The minimum absolute atomic E-state index is 0.123. The number of rotatable bonds is 5.